The van der Waals surface area contributed by atoms with E-state index in [0.29, 0.717) is 25.0 Å². The Hall–Kier alpha value is -2.03. The lowest BCUT2D eigenvalue weighted by molar-refractivity contribution is -0.192. The molecule has 0 N–H and O–H groups in total. The molecule has 1 aromatic rings. The van der Waals surface area contributed by atoms with E-state index in [4.69, 9.17) is 28.4 Å². The number of rotatable bonds is 19. The van der Waals surface area contributed by atoms with Gasteiger partial charge in [-0.2, -0.15) is 0 Å². The molecule has 262 valence electrons. The van der Waals surface area contributed by atoms with Crippen molar-refractivity contribution >= 4 is 5.97 Å². The van der Waals surface area contributed by atoms with E-state index in [2.05, 4.69) is 37.3 Å². The molecule has 3 fully saturated rings. The van der Waals surface area contributed by atoms with Gasteiger partial charge in [-0.05, 0) is 94.4 Å². The van der Waals surface area contributed by atoms with Crippen LogP contribution in [-0.4, -0.2) is 57.7 Å². The van der Waals surface area contributed by atoms with Gasteiger partial charge in [0.05, 0.1) is 31.8 Å². The van der Waals surface area contributed by atoms with E-state index in [1.807, 2.05) is 18.2 Å². The Labute approximate surface area is 283 Å². The Morgan fingerprint density at radius 1 is 0.957 bits per heavy atom. The Morgan fingerprint density at radius 2 is 1.72 bits per heavy atom. The summed E-state index contributed by atoms with van der Waals surface area (Å²) in [6.45, 7) is 5.12. The fraction of sp³-hybridized carbons (Fsp3) is 0.725. The number of methoxy groups -OCH3 is 1. The van der Waals surface area contributed by atoms with Gasteiger partial charge in [-0.3, -0.25) is 4.79 Å². The van der Waals surface area contributed by atoms with Crippen LogP contribution in [-0.2, 0) is 39.8 Å². The van der Waals surface area contributed by atoms with Crippen LogP contribution < -0.4 is 0 Å². The first-order valence-electron chi connectivity index (χ1n) is 18.8. The second-order valence-corrected chi connectivity index (χ2v) is 14.0. The number of unbranched alkanes of at least 4 members (excludes halogenated alkanes) is 3. The standard InChI is InChI=1S/C40H60O7/c1-3-4-6-17-33(46-38-19-10-13-24-44-38)21-22-35-36-27-31(26-32(36)28-37(35)47-39-20-11-14-25-45-39)34(40(41)42-2)18-9-12-23-43-29-30-15-7-5-8-16-30/h5,7-8,15-16,21-22,27,32-39H,3-4,6,9-14,17-20,23-26,28-29H2,1-2H3. The average Bonchev–Trinajstić information content (AvgIpc) is 3.65. The van der Waals surface area contributed by atoms with Gasteiger partial charge in [0.25, 0.3) is 0 Å². The molecule has 7 heteroatoms. The fourth-order valence-electron chi connectivity index (χ4n) is 7.91. The highest BCUT2D eigenvalue weighted by Crippen LogP contribution is 2.51. The van der Waals surface area contributed by atoms with Gasteiger partial charge in [0.2, 0.25) is 0 Å². The Bertz CT molecular complexity index is 1090. The van der Waals surface area contributed by atoms with Crippen LogP contribution >= 0.6 is 0 Å². The van der Waals surface area contributed by atoms with Gasteiger partial charge >= 0.3 is 5.97 Å². The van der Waals surface area contributed by atoms with E-state index in [9.17, 15) is 4.79 Å². The number of hydrogen-bond acceptors (Lipinski definition) is 7. The third kappa shape index (κ3) is 11.3. The molecule has 4 aliphatic rings. The first-order valence-corrected chi connectivity index (χ1v) is 18.8. The van der Waals surface area contributed by atoms with Crippen LogP contribution in [0.3, 0.4) is 0 Å². The molecule has 5 rings (SSSR count). The molecule has 0 spiro atoms. The number of fused-ring (bicyclic) bond motifs is 1. The number of ether oxygens (including phenoxy) is 6. The molecule has 2 heterocycles. The normalized spacial score (nSPS) is 29.0. The second kappa shape index (κ2) is 19.8. The lowest BCUT2D eigenvalue weighted by atomic mass is 9.90. The molecule has 2 saturated heterocycles. The van der Waals surface area contributed by atoms with Crippen LogP contribution in [0.1, 0.15) is 109 Å². The number of carbonyl (C=O) groups is 1. The summed E-state index contributed by atoms with van der Waals surface area (Å²) < 4.78 is 36.5. The minimum atomic E-state index is -0.195. The van der Waals surface area contributed by atoms with Gasteiger partial charge in [-0.25, -0.2) is 0 Å². The van der Waals surface area contributed by atoms with Crippen molar-refractivity contribution in [2.75, 3.05) is 26.9 Å². The van der Waals surface area contributed by atoms with Crippen LogP contribution in [0.5, 0.6) is 0 Å². The number of hydrogen-bond donors (Lipinski definition) is 0. The highest BCUT2D eigenvalue weighted by atomic mass is 16.7. The molecule has 8 unspecified atom stereocenters. The lowest BCUT2D eigenvalue weighted by Gasteiger charge is -2.30. The maximum atomic E-state index is 13.1. The summed E-state index contributed by atoms with van der Waals surface area (Å²) in [5.74, 6) is 0.694. The maximum Gasteiger partial charge on any atom is 0.312 e. The number of carbonyl (C=O) groups excluding carboxylic acids is 1. The van der Waals surface area contributed by atoms with Crippen molar-refractivity contribution in [3.8, 4) is 0 Å². The molecule has 7 nitrogen and oxygen atoms in total. The minimum Gasteiger partial charge on any atom is -0.469 e. The topological polar surface area (TPSA) is 72.5 Å². The molecule has 1 saturated carbocycles. The molecular weight excluding hydrogens is 592 g/mol. The third-order valence-electron chi connectivity index (χ3n) is 10.5. The van der Waals surface area contributed by atoms with Gasteiger partial charge in [0.15, 0.2) is 12.6 Å². The molecule has 0 amide bonds. The Kier molecular flexibility index (Phi) is 15.3. The van der Waals surface area contributed by atoms with Crippen molar-refractivity contribution < 1.29 is 33.2 Å². The summed E-state index contributed by atoms with van der Waals surface area (Å²) in [7, 11) is 1.52. The van der Waals surface area contributed by atoms with Crippen LogP contribution in [0.25, 0.3) is 0 Å². The molecule has 0 aromatic heterocycles. The zero-order valence-electron chi connectivity index (χ0n) is 29.0. The van der Waals surface area contributed by atoms with Gasteiger partial charge in [0.1, 0.15) is 0 Å². The van der Waals surface area contributed by atoms with Gasteiger partial charge in [0, 0.05) is 25.7 Å². The van der Waals surface area contributed by atoms with Crippen molar-refractivity contribution in [2.45, 2.75) is 135 Å². The number of benzene rings is 1. The zero-order chi connectivity index (χ0) is 32.7. The van der Waals surface area contributed by atoms with E-state index in [-0.39, 0.29) is 42.6 Å². The summed E-state index contributed by atoms with van der Waals surface area (Å²) in [6.07, 6.45) is 22.6. The van der Waals surface area contributed by atoms with Gasteiger partial charge in [-0.1, -0.05) is 80.3 Å². The smallest absolute Gasteiger partial charge is 0.312 e. The molecule has 8 atom stereocenters. The highest BCUT2D eigenvalue weighted by Gasteiger charge is 2.47. The second-order valence-electron chi connectivity index (χ2n) is 14.0. The molecule has 47 heavy (non-hydrogen) atoms. The van der Waals surface area contributed by atoms with Crippen molar-refractivity contribution in [1.82, 2.24) is 0 Å². The summed E-state index contributed by atoms with van der Waals surface area (Å²) in [5.41, 5.74) is 2.43. The van der Waals surface area contributed by atoms with Gasteiger partial charge in [-0.15, -0.1) is 0 Å². The molecule has 0 radical (unpaired) electrons. The Morgan fingerprint density at radius 3 is 2.45 bits per heavy atom. The largest absolute Gasteiger partial charge is 0.469 e. The summed E-state index contributed by atoms with van der Waals surface area (Å²) in [6, 6.07) is 10.3. The predicted octanol–water partition coefficient (Wildman–Crippen LogP) is 8.71. The predicted molar refractivity (Wildman–Crippen MR) is 183 cm³/mol. The summed E-state index contributed by atoms with van der Waals surface area (Å²) >= 11 is 0. The molecule has 0 bridgehead atoms. The van der Waals surface area contributed by atoms with Crippen LogP contribution in [0.15, 0.2) is 54.1 Å². The quantitative estimate of drug-likeness (QED) is 0.0841. The zero-order valence-corrected chi connectivity index (χ0v) is 29.0. The molecule has 2 aliphatic carbocycles. The van der Waals surface area contributed by atoms with Crippen LogP contribution in [0.2, 0.25) is 0 Å². The SMILES string of the molecule is CCCCCC(C=CC1C(OC2CCCCO2)CC2CC(C(CCCCOCc3ccccc3)C(=O)OC)=CC21)OC1CCCCO1. The highest BCUT2D eigenvalue weighted by molar-refractivity contribution is 5.76. The number of esters is 1. The van der Waals surface area contributed by atoms with Gasteiger partial charge < -0.3 is 28.4 Å². The minimum absolute atomic E-state index is 0.0343. The van der Waals surface area contributed by atoms with E-state index in [1.165, 1.54) is 31.1 Å². The summed E-state index contributed by atoms with van der Waals surface area (Å²) in [4.78, 5) is 13.1. The van der Waals surface area contributed by atoms with Crippen molar-refractivity contribution in [1.29, 1.82) is 0 Å². The molecule has 2 aliphatic heterocycles. The average molecular weight is 653 g/mol. The van der Waals surface area contributed by atoms with Crippen LogP contribution in [0, 0.1) is 23.7 Å². The van der Waals surface area contributed by atoms with E-state index >= 15 is 0 Å². The first-order chi connectivity index (χ1) is 23.1. The Balaban J connectivity index is 1.24. The van der Waals surface area contributed by atoms with Crippen molar-refractivity contribution in [2.24, 2.45) is 23.7 Å². The third-order valence-corrected chi connectivity index (χ3v) is 10.5. The lowest BCUT2D eigenvalue weighted by Crippen LogP contribution is -2.31. The summed E-state index contributed by atoms with van der Waals surface area (Å²) in [5, 5.41) is 0. The van der Waals surface area contributed by atoms with Crippen LogP contribution in [0.4, 0.5) is 0 Å². The maximum absolute atomic E-state index is 13.1. The monoisotopic (exact) mass is 652 g/mol. The van der Waals surface area contributed by atoms with Crippen molar-refractivity contribution in [3.05, 3.63) is 59.7 Å². The van der Waals surface area contributed by atoms with E-state index in [1.54, 1.807) is 0 Å². The number of allylic oxidation sites excluding steroid dienone is 1. The van der Waals surface area contributed by atoms with Crippen molar-refractivity contribution in [3.63, 3.8) is 0 Å². The van der Waals surface area contributed by atoms with E-state index in [0.717, 1.165) is 96.7 Å². The molecular formula is C40H60O7. The first kappa shape index (κ1) is 36.3. The van der Waals surface area contributed by atoms with E-state index < -0.39 is 0 Å². The fourth-order valence-corrected chi connectivity index (χ4v) is 7.91. The molecule has 1 aromatic carbocycles.